The first-order chi connectivity index (χ1) is 6.34. The van der Waals surface area contributed by atoms with Crippen LogP contribution in [0, 0.1) is 6.92 Å². The first kappa shape index (κ1) is 9.32. The lowest BCUT2D eigenvalue weighted by Crippen LogP contribution is -1.74. The third-order valence-electron chi connectivity index (χ3n) is 1.43. The standard InChI is InChI=1S/C6H6O2.C4H4O/c1-5-2-3-8-6(5)4-7;1-2-4-5-3-1/h2-4H,1H3;1-4H. The number of rotatable bonds is 1. The van der Waals surface area contributed by atoms with E-state index in [-0.39, 0.29) is 0 Å². The first-order valence-electron chi connectivity index (χ1n) is 3.81. The minimum Gasteiger partial charge on any atom is -0.473 e. The van der Waals surface area contributed by atoms with Gasteiger partial charge in [-0.1, -0.05) is 0 Å². The fraction of sp³-hybridized carbons (Fsp3) is 0.100. The molecule has 3 nitrogen and oxygen atoms in total. The van der Waals surface area contributed by atoms with Gasteiger partial charge in [0.15, 0.2) is 12.0 Å². The van der Waals surface area contributed by atoms with Crippen LogP contribution in [0.2, 0.25) is 0 Å². The second-order valence-corrected chi connectivity index (χ2v) is 2.38. The molecule has 0 N–H and O–H groups in total. The van der Waals surface area contributed by atoms with Crippen molar-refractivity contribution in [1.29, 1.82) is 0 Å². The van der Waals surface area contributed by atoms with Crippen molar-refractivity contribution in [3.8, 4) is 0 Å². The number of carbonyl (C=O) groups excluding carboxylic acids is 1. The van der Waals surface area contributed by atoms with Gasteiger partial charge in [0.2, 0.25) is 0 Å². The van der Waals surface area contributed by atoms with E-state index in [0.29, 0.717) is 12.0 Å². The van der Waals surface area contributed by atoms with Crippen molar-refractivity contribution in [2.24, 2.45) is 0 Å². The molecule has 0 unspecified atom stereocenters. The zero-order chi connectivity index (χ0) is 9.52. The summed E-state index contributed by atoms with van der Waals surface area (Å²) in [4.78, 5) is 9.99. The Hall–Kier alpha value is -1.77. The topological polar surface area (TPSA) is 43.4 Å². The Bertz CT molecular complexity index is 315. The fourth-order valence-electron chi connectivity index (χ4n) is 0.732. The lowest BCUT2D eigenvalue weighted by molar-refractivity contribution is 0.110. The molecule has 0 spiro atoms. The summed E-state index contributed by atoms with van der Waals surface area (Å²) in [5.41, 5.74) is 0.889. The predicted octanol–water partition coefficient (Wildman–Crippen LogP) is 2.68. The third-order valence-corrected chi connectivity index (χ3v) is 1.43. The van der Waals surface area contributed by atoms with E-state index < -0.39 is 0 Å². The van der Waals surface area contributed by atoms with Crippen LogP contribution < -0.4 is 0 Å². The summed E-state index contributed by atoms with van der Waals surface area (Å²) in [5.74, 6) is 0.421. The minimum atomic E-state index is 0.421. The van der Waals surface area contributed by atoms with Gasteiger partial charge in [-0.05, 0) is 30.7 Å². The summed E-state index contributed by atoms with van der Waals surface area (Å²) < 4.78 is 9.33. The van der Waals surface area contributed by atoms with Crippen LogP contribution in [0.4, 0.5) is 0 Å². The maximum absolute atomic E-state index is 9.99. The molecule has 0 aromatic carbocycles. The van der Waals surface area contributed by atoms with Crippen LogP contribution in [0.3, 0.4) is 0 Å². The highest BCUT2D eigenvalue weighted by Crippen LogP contribution is 2.03. The van der Waals surface area contributed by atoms with Gasteiger partial charge in [0, 0.05) is 0 Å². The van der Waals surface area contributed by atoms with Gasteiger partial charge in [0.1, 0.15) is 0 Å². The number of aryl methyl sites for hydroxylation is 1. The Morgan fingerprint density at radius 1 is 1.23 bits per heavy atom. The number of hydrogen-bond donors (Lipinski definition) is 0. The maximum atomic E-state index is 9.99. The summed E-state index contributed by atoms with van der Waals surface area (Å²) in [6.07, 6.45) is 5.45. The van der Waals surface area contributed by atoms with E-state index in [0.717, 1.165) is 5.56 Å². The average Bonchev–Trinajstić information content (AvgIpc) is 2.76. The van der Waals surface area contributed by atoms with E-state index in [2.05, 4.69) is 4.42 Å². The maximum Gasteiger partial charge on any atom is 0.185 e. The first-order valence-corrected chi connectivity index (χ1v) is 3.81. The van der Waals surface area contributed by atoms with E-state index >= 15 is 0 Å². The summed E-state index contributed by atoms with van der Waals surface area (Å²) in [6.45, 7) is 1.83. The highest BCUT2D eigenvalue weighted by atomic mass is 16.3. The van der Waals surface area contributed by atoms with Crippen molar-refractivity contribution in [2.45, 2.75) is 6.92 Å². The van der Waals surface area contributed by atoms with E-state index in [1.807, 2.05) is 19.1 Å². The molecular formula is C10H10O3. The molecule has 2 heterocycles. The molecule has 0 saturated heterocycles. The molecule has 0 atom stereocenters. The van der Waals surface area contributed by atoms with Crippen molar-refractivity contribution in [2.75, 3.05) is 0 Å². The van der Waals surface area contributed by atoms with Gasteiger partial charge in [0.25, 0.3) is 0 Å². The van der Waals surface area contributed by atoms with Gasteiger partial charge >= 0.3 is 0 Å². The Labute approximate surface area is 76.0 Å². The summed E-state index contributed by atoms with van der Waals surface area (Å²) >= 11 is 0. The van der Waals surface area contributed by atoms with E-state index in [9.17, 15) is 4.79 Å². The molecule has 2 rings (SSSR count). The van der Waals surface area contributed by atoms with Crippen molar-refractivity contribution < 1.29 is 13.6 Å². The third kappa shape index (κ3) is 2.99. The number of aldehydes is 1. The zero-order valence-electron chi connectivity index (χ0n) is 7.27. The Balaban J connectivity index is 0.000000145. The van der Waals surface area contributed by atoms with E-state index in [1.165, 1.54) is 6.26 Å². The molecule has 2 aromatic heterocycles. The van der Waals surface area contributed by atoms with Crippen LogP contribution >= 0.6 is 0 Å². The van der Waals surface area contributed by atoms with Crippen LogP contribution in [-0.2, 0) is 0 Å². The molecule has 3 heteroatoms. The molecule has 0 aliphatic heterocycles. The van der Waals surface area contributed by atoms with Gasteiger partial charge in [-0.3, -0.25) is 4.79 Å². The van der Waals surface area contributed by atoms with E-state index in [4.69, 9.17) is 4.42 Å². The van der Waals surface area contributed by atoms with E-state index in [1.54, 1.807) is 18.6 Å². The predicted molar refractivity (Wildman–Crippen MR) is 47.5 cm³/mol. The molecule has 0 aliphatic carbocycles. The average molecular weight is 178 g/mol. The van der Waals surface area contributed by atoms with Gasteiger partial charge < -0.3 is 8.83 Å². The highest BCUT2D eigenvalue weighted by molar-refractivity contribution is 5.72. The van der Waals surface area contributed by atoms with Gasteiger partial charge in [-0.2, -0.15) is 0 Å². The summed E-state index contributed by atoms with van der Waals surface area (Å²) in [5, 5.41) is 0. The Morgan fingerprint density at radius 3 is 2.15 bits per heavy atom. The van der Waals surface area contributed by atoms with Gasteiger partial charge in [-0.15, -0.1) is 0 Å². The highest BCUT2D eigenvalue weighted by Gasteiger charge is 1.95. The van der Waals surface area contributed by atoms with Gasteiger partial charge in [0.05, 0.1) is 18.8 Å². The van der Waals surface area contributed by atoms with Crippen molar-refractivity contribution in [1.82, 2.24) is 0 Å². The quantitative estimate of drug-likeness (QED) is 0.630. The fourth-order valence-corrected chi connectivity index (χ4v) is 0.732. The molecule has 0 aliphatic rings. The monoisotopic (exact) mass is 178 g/mol. The second-order valence-electron chi connectivity index (χ2n) is 2.38. The molecule has 0 fully saturated rings. The molecule has 0 radical (unpaired) electrons. The summed E-state index contributed by atoms with van der Waals surface area (Å²) in [7, 11) is 0. The van der Waals surface area contributed by atoms with Crippen LogP contribution in [0.15, 0.2) is 45.8 Å². The zero-order valence-corrected chi connectivity index (χ0v) is 7.27. The normalized spacial score (nSPS) is 8.69. The molecule has 13 heavy (non-hydrogen) atoms. The molecule has 68 valence electrons. The largest absolute Gasteiger partial charge is 0.473 e. The molecule has 0 amide bonds. The minimum absolute atomic E-state index is 0.421. The number of hydrogen-bond acceptors (Lipinski definition) is 3. The van der Waals surface area contributed by atoms with Crippen LogP contribution in [0.25, 0.3) is 0 Å². The van der Waals surface area contributed by atoms with Gasteiger partial charge in [-0.25, -0.2) is 0 Å². The molecule has 0 bridgehead atoms. The van der Waals surface area contributed by atoms with Crippen molar-refractivity contribution >= 4 is 6.29 Å². The lowest BCUT2D eigenvalue weighted by Gasteiger charge is -1.78. The van der Waals surface area contributed by atoms with Crippen LogP contribution in [0.5, 0.6) is 0 Å². The Kier molecular flexibility index (Phi) is 3.57. The van der Waals surface area contributed by atoms with Crippen molar-refractivity contribution in [3.05, 3.63) is 48.3 Å². The number of carbonyl (C=O) groups is 1. The SMILES string of the molecule is Cc1ccoc1C=O.c1ccoc1. The van der Waals surface area contributed by atoms with Crippen molar-refractivity contribution in [3.63, 3.8) is 0 Å². The lowest BCUT2D eigenvalue weighted by atomic mass is 10.3. The molecule has 0 saturated carbocycles. The van der Waals surface area contributed by atoms with Crippen LogP contribution in [0.1, 0.15) is 16.1 Å². The smallest absolute Gasteiger partial charge is 0.185 e. The Morgan fingerprint density at radius 2 is 1.92 bits per heavy atom. The van der Waals surface area contributed by atoms with Crippen LogP contribution in [-0.4, -0.2) is 6.29 Å². The number of furan rings is 2. The molecular weight excluding hydrogens is 168 g/mol. The molecule has 2 aromatic rings. The summed E-state index contributed by atoms with van der Waals surface area (Å²) in [6, 6.07) is 5.42. The second kappa shape index (κ2) is 4.98.